The minimum absolute atomic E-state index is 0.0994. The van der Waals surface area contributed by atoms with Gasteiger partial charge in [-0.15, -0.1) is 0 Å². The molecule has 1 aromatic carbocycles. The highest BCUT2D eigenvalue weighted by Crippen LogP contribution is 2.22. The monoisotopic (exact) mass is 225 g/mol. The highest BCUT2D eigenvalue weighted by molar-refractivity contribution is 5.32. The van der Waals surface area contributed by atoms with Crippen LogP contribution in [0.2, 0.25) is 0 Å². The fourth-order valence-electron chi connectivity index (χ4n) is 1.34. The van der Waals surface area contributed by atoms with Crippen molar-refractivity contribution < 1.29 is 14.2 Å². The lowest BCUT2D eigenvalue weighted by Crippen LogP contribution is -2.02. The molecule has 0 aromatic heterocycles. The van der Waals surface area contributed by atoms with Crippen molar-refractivity contribution in [3.05, 3.63) is 36.5 Å². The number of hydrogen-bond donors (Lipinski definition) is 1. The van der Waals surface area contributed by atoms with Crippen LogP contribution in [-0.2, 0) is 0 Å². The Morgan fingerprint density at radius 3 is 2.81 bits per heavy atom. The van der Waals surface area contributed by atoms with Gasteiger partial charge in [0.05, 0.1) is 6.61 Å². The van der Waals surface area contributed by atoms with Crippen molar-refractivity contribution >= 4 is 0 Å². The summed E-state index contributed by atoms with van der Waals surface area (Å²) in [5.41, 5.74) is 0.661. The van der Waals surface area contributed by atoms with E-state index in [9.17, 15) is 4.39 Å². The molecular weight excluding hydrogens is 207 g/mol. The van der Waals surface area contributed by atoms with Gasteiger partial charge in [-0.2, -0.15) is 0 Å². The maximum Gasteiger partial charge on any atom is 0.127 e. The summed E-state index contributed by atoms with van der Waals surface area (Å²) in [6, 6.07) is 4.45. The molecule has 0 saturated heterocycles. The van der Waals surface area contributed by atoms with Crippen LogP contribution in [0.1, 0.15) is 31.2 Å². The zero-order valence-corrected chi connectivity index (χ0v) is 9.58. The van der Waals surface area contributed by atoms with Crippen molar-refractivity contribution in [2.45, 2.75) is 25.7 Å². The largest absolute Gasteiger partial charge is 0.493 e. The summed E-state index contributed by atoms with van der Waals surface area (Å²) >= 11 is 0. The highest BCUT2D eigenvalue weighted by Gasteiger charge is 2.08. The van der Waals surface area contributed by atoms with Gasteiger partial charge in [-0.1, -0.05) is 13.3 Å². The molecule has 1 atom stereocenters. The van der Waals surface area contributed by atoms with Crippen molar-refractivity contribution in [1.29, 1.82) is 0 Å². The van der Waals surface area contributed by atoms with Crippen molar-refractivity contribution in [2.24, 2.45) is 0 Å². The first kappa shape index (κ1) is 13.0. The second-order valence-electron chi connectivity index (χ2n) is 3.80. The molecule has 0 heterocycles. The van der Waals surface area contributed by atoms with Crippen LogP contribution in [0, 0.1) is 12.7 Å². The molecule has 0 aliphatic rings. The molecule has 0 fully saturated rings. The predicted molar refractivity (Wildman–Crippen MR) is 62.0 cm³/mol. The summed E-state index contributed by atoms with van der Waals surface area (Å²) in [5, 5.41) is 8.96. The molecule has 1 rings (SSSR count). The summed E-state index contributed by atoms with van der Waals surface area (Å²) in [5.74, 6) is -0.166. The van der Waals surface area contributed by atoms with Gasteiger partial charge in [0.1, 0.15) is 11.6 Å². The molecule has 0 amide bonds. The van der Waals surface area contributed by atoms with Gasteiger partial charge >= 0.3 is 0 Å². The molecule has 1 unspecified atom stereocenters. The normalized spacial score (nSPS) is 12.5. The summed E-state index contributed by atoms with van der Waals surface area (Å²) in [4.78, 5) is 0. The Balaban J connectivity index is 2.73. The second kappa shape index (κ2) is 6.48. The van der Waals surface area contributed by atoms with E-state index in [-0.39, 0.29) is 18.3 Å². The summed E-state index contributed by atoms with van der Waals surface area (Å²) in [6.45, 7) is 6.29. The number of rotatable bonds is 6. The number of halogens is 1. The number of unbranched alkanes of at least 4 members (excludes halogenated alkanes) is 1. The first-order chi connectivity index (χ1) is 7.67. The molecule has 1 aromatic rings. The number of aliphatic hydroxyl groups excluding tert-OH is 1. The van der Waals surface area contributed by atoms with Crippen LogP contribution in [-0.4, -0.2) is 18.3 Å². The molecule has 16 heavy (non-hydrogen) atoms. The number of benzene rings is 1. The Morgan fingerprint density at radius 2 is 2.19 bits per heavy atom. The Labute approximate surface area is 96.1 Å². The van der Waals surface area contributed by atoms with E-state index in [2.05, 4.69) is 13.8 Å². The van der Waals surface area contributed by atoms with Gasteiger partial charge in [-0.25, -0.2) is 4.39 Å². The van der Waals surface area contributed by atoms with E-state index < -0.39 is 0 Å². The molecule has 1 N–H and O–H groups in total. The lowest BCUT2D eigenvalue weighted by molar-refractivity contribution is 0.281. The van der Waals surface area contributed by atoms with Gasteiger partial charge in [0.15, 0.2) is 0 Å². The van der Waals surface area contributed by atoms with Crippen LogP contribution in [0.5, 0.6) is 5.75 Å². The second-order valence-corrected chi connectivity index (χ2v) is 3.80. The van der Waals surface area contributed by atoms with Gasteiger partial charge in [-0.3, -0.25) is 0 Å². The van der Waals surface area contributed by atoms with E-state index in [0.717, 1.165) is 12.8 Å². The Bertz CT molecular complexity index is 326. The fourth-order valence-corrected chi connectivity index (χ4v) is 1.34. The van der Waals surface area contributed by atoms with E-state index in [4.69, 9.17) is 9.84 Å². The quantitative estimate of drug-likeness (QED) is 0.754. The van der Waals surface area contributed by atoms with Gasteiger partial charge in [-0.05, 0) is 31.0 Å². The number of hydrogen-bond acceptors (Lipinski definition) is 2. The smallest absolute Gasteiger partial charge is 0.127 e. The fraction of sp³-hybridized carbons (Fsp3) is 0.462. The van der Waals surface area contributed by atoms with E-state index in [1.54, 1.807) is 6.07 Å². The molecule has 2 nitrogen and oxygen atoms in total. The minimum atomic E-state index is -0.355. The zero-order valence-electron chi connectivity index (χ0n) is 9.58. The molecule has 0 spiro atoms. The zero-order chi connectivity index (χ0) is 12.0. The first-order valence-corrected chi connectivity index (χ1v) is 5.54. The Hall–Kier alpha value is -1.09. The SMILES string of the molecule is [CH2]C(CO)c1cc(F)cc(OCCCC)c1. The highest BCUT2D eigenvalue weighted by atomic mass is 19.1. The van der Waals surface area contributed by atoms with Crippen LogP contribution in [0.15, 0.2) is 18.2 Å². The lowest BCUT2D eigenvalue weighted by Gasteiger charge is -2.11. The van der Waals surface area contributed by atoms with Crippen molar-refractivity contribution in [2.75, 3.05) is 13.2 Å². The molecule has 0 aliphatic heterocycles. The summed E-state index contributed by atoms with van der Waals surface area (Å²) in [7, 11) is 0. The maximum atomic E-state index is 13.2. The van der Waals surface area contributed by atoms with Gasteiger partial charge in [0, 0.05) is 18.6 Å². The standard InChI is InChI=1S/C13H18FO2/c1-3-4-5-16-13-7-11(10(2)9-15)6-12(14)8-13/h6-8,10,15H,2-5,9H2,1H3. The Morgan fingerprint density at radius 1 is 1.44 bits per heavy atom. The third kappa shape index (κ3) is 3.81. The van der Waals surface area contributed by atoms with Crippen LogP contribution < -0.4 is 4.74 Å². The average Bonchev–Trinajstić information content (AvgIpc) is 2.27. The summed E-state index contributed by atoms with van der Waals surface area (Å²) < 4.78 is 18.7. The molecule has 0 saturated carbocycles. The first-order valence-electron chi connectivity index (χ1n) is 5.54. The predicted octanol–water partition coefficient (Wildman–Crippen LogP) is 2.91. The average molecular weight is 225 g/mol. The van der Waals surface area contributed by atoms with Gasteiger partial charge in [0.2, 0.25) is 0 Å². The lowest BCUT2D eigenvalue weighted by atomic mass is 10.0. The van der Waals surface area contributed by atoms with Crippen molar-refractivity contribution in [1.82, 2.24) is 0 Å². The maximum absolute atomic E-state index is 13.2. The molecular formula is C13H18FO2. The molecule has 1 radical (unpaired) electrons. The minimum Gasteiger partial charge on any atom is -0.493 e. The van der Waals surface area contributed by atoms with E-state index in [0.29, 0.717) is 17.9 Å². The van der Waals surface area contributed by atoms with Crippen LogP contribution in [0.4, 0.5) is 4.39 Å². The van der Waals surface area contributed by atoms with E-state index in [1.807, 2.05) is 0 Å². The Kier molecular flexibility index (Phi) is 5.26. The number of aliphatic hydroxyl groups is 1. The van der Waals surface area contributed by atoms with Crippen LogP contribution in [0.3, 0.4) is 0 Å². The van der Waals surface area contributed by atoms with Crippen molar-refractivity contribution in [3.8, 4) is 5.75 Å². The van der Waals surface area contributed by atoms with Crippen molar-refractivity contribution in [3.63, 3.8) is 0 Å². The topological polar surface area (TPSA) is 29.5 Å². The number of ether oxygens (including phenoxy) is 1. The summed E-state index contributed by atoms with van der Waals surface area (Å²) in [6.07, 6.45) is 1.98. The van der Waals surface area contributed by atoms with E-state index in [1.165, 1.54) is 12.1 Å². The van der Waals surface area contributed by atoms with Crippen LogP contribution >= 0.6 is 0 Å². The van der Waals surface area contributed by atoms with Gasteiger partial charge < -0.3 is 9.84 Å². The third-order valence-electron chi connectivity index (χ3n) is 2.35. The van der Waals surface area contributed by atoms with Gasteiger partial charge in [0.25, 0.3) is 0 Å². The molecule has 0 aliphatic carbocycles. The molecule has 89 valence electrons. The third-order valence-corrected chi connectivity index (χ3v) is 2.35. The van der Waals surface area contributed by atoms with E-state index >= 15 is 0 Å². The van der Waals surface area contributed by atoms with Crippen LogP contribution in [0.25, 0.3) is 0 Å². The molecule has 3 heteroatoms. The molecule has 0 bridgehead atoms.